The molecule has 1 heterocycles. The molecular formula is C19H19N3O6. The molecule has 1 N–H and O–H groups in total. The number of carbonyl (C=O) groups is 1. The van der Waals surface area contributed by atoms with E-state index >= 15 is 0 Å². The van der Waals surface area contributed by atoms with Gasteiger partial charge < -0.3 is 23.4 Å². The number of nitrogens with zero attached hydrogens (tertiary/aromatic N) is 2. The summed E-state index contributed by atoms with van der Waals surface area (Å²) in [5, 5.41) is 10.4. The fraction of sp³-hybridized carbons (Fsp3) is 0.211. The Balaban J connectivity index is 1.85. The van der Waals surface area contributed by atoms with Crippen molar-refractivity contribution in [1.29, 1.82) is 0 Å². The van der Waals surface area contributed by atoms with Gasteiger partial charge in [-0.3, -0.25) is 10.1 Å². The Hall–Kier alpha value is -3.75. The van der Waals surface area contributed by atoms with Gasteiger partial charge in [-0.25, -0.2) is 0 Å². The van der Waals surface area contributed by atoms with Gasteiger partial charge >= 0.3 is 6.01 Å². The molecule has 2 aromatic carbocycles. The topological polar surface area (TPSA) is 105 Å². The van der Waals surface area contributed by atoms with Crippen LogP contribution in [0.5, 0.6) is 23.0 Å². The van der Waals surface area contributed by atoms with E-state index in [1.165, 1.54) is 28.4 Å². The molecule has 0 saturated heterocycles. The van der Waals surface area contributed by atoms with Crippen molar-refractivity contribution in [1.82, 2.24) is 10.2 Å². The molecule has 0 aliphatic carbocycles. The number of nitrogens with one attached hydrogen (secondary N) is 1. The largest absolute Gasteiger partial charge is 0.497 e. The summed E-state index contributed by atoms with van der Waals surface area (Å²) in [6.07, 6.45) is 0. The van der Waals surface area contributed by atoms with Crippen molar-refractivity contribution < 1.29 is 28.2 Å². The van der Waals surface area contributed by atoms with E-state index in [9.17, 15) is 4.79 Å². The SMILES string of the molecule is COc1cccc(C(=O)Nc2nnc(-c3cc(OC)c(OC)c(OC)c3)o2)c1. The number of methoxy groups -OCH3 is 4. The molecule has 0 bridgehead atoms. The Morgan fingerprint density at radius 3 is 2.25 bits per heavy atom. The summed E-state index contributed by atoms with van der Waals surface area (Å²) >= 11 is 0. The Kier molecular flexibility index (Phi) is 5.64. The quantitative estimate of drug-likeness (QED) is 0.662. The van der Waals surface area contributed by atoms with Gasteiger partial charge in [0.05, 0.1) is 28.4 Å². The van der Waals surface area contributed by atoms with E-state index in [1.54, 1.807) is 36.4 Å². The zero-order chi connectivity index (χ0) is 20.1. The second-order valence-corrected chi connectivity index (χ2v) is 5.51. The summed E-state index contributed by atoms with van der Waals surface area (Å²) in [4.78, 5) is 12.4. The molecule has 28 heavy (non-hydrogen) atoms. The monoisotopic (exact) mass is 385 g/mol. The second-order valence-electron chi connectivity index (χ2n) is 5.51. The fourth-order valence-electron chi connectivity index (χ4n) is 2.53. The Morgan fingerprint density at radius 1 is 0.929 bits per heavy atom. The first-order valence-electron chi connectivity index (χ1n) is 8.19. The van der Waals surface area contributed by atoms with Crippen molar-refractivity contribution in [3.05, 3.63) is 42.0 Å². The first-order chi connectivity index (χ1) is 13.6. The highest BCUT2D eigenvalue weighted by Crippen LogP contribution is 2.41. The number of amides is 1. The molecule has 1 amide bonds. The standard InChI is InChI=1S/C19H19N3O6/c1-24-13-7-5-6-11(8-13)17(23)20-19-22-21-18(28-19)12-9-14(25-2)16(27-4)15(10-12)26-3/h5-10H,1-4H3,(H,20,22,23). The number of rotatable bonds is 7. The predicted octanol–water partition coefficient (Wildman–Crippen LogP) is 3.02. The Bertz CT molecular complexity index is 960. The number of hydrogen-bond donors (Lipinski definition) is 1. The number of carbonyl (C=O) groups excluding carboxylic acids is 1. The molecule has 0 aliphatic heterocycles. The maximum absolute atomic E-state index is 12.4. The minimum atomic E-state index is -0.404. The molecule has 9 heteroatoms. The number of ether oxygens (including phenoxy) is 4. The zero-order valence-electron chi connectivity index (χ0n) is 15.8. The molecule has 0 radical (unpaired) electrons. The molecular weight excluding hydrogens is 366 g/mol. The van der Waals surface area contributed by atoms with Crippen molar-refractivity contribution in [2.75, 3.05) is 33.8 Å². The predicted molar refractivity (Wildman–Crippen MR) is 100 cm³/mol. The van der Waals surface area contributed by atoms with Gasteiger partial charge in [0.1, 0.15) is 5.75 Å². The van der Waals surface area contributed by atoms with Crippen LogP contribution in [0.3, 0.4) is 0 Å². The smallest absolute Gasteiger partial charge is 0.322 e. The third-order valence-corrected chi connectivity index (χ3v) is 3.89. The maximum Gasteiger partial charge on any atom is 0.322 e. The summed E-state index contributed by atoms with van der Waals surface area (Å²) in [5.41, 5.74) is 0.941. The van der Waals surface area contributed by atoms with Crippen molar-refractivity contribution in [2.24, 2.45) is 0 Å². The molecule has 0 aliphatic rings. The van der Waals surface area contributed by atoms with Crippen LogP contribution in [0.1, 0.15) is 10.4 Å². The lowest BCUT2D eigenvalue weighted by atomic mass is 10.2. The van der Waals surface area contributed by atoms with Gasteiger partial charge in [-0.05, 0) is 30.3 Å². The minimum Gasteiger partial charge on any atom is -0.497 e. The van der Waals surface area contributed by atoms with E-state index in [-0.39, 0.29) is 11.9 Å². The van der Waals surface area contributed by atoms with Gasteiger partial charge in [-0.15, -0.1) is 5.10 Å². The fourth-order valence-corrected chi connectivity index (χ4v) is 2.53. The normalized spacial score (nSPS) is 10.3. The van der Waals surface area contributed by atoms with Crippen LogP contribution in [-0.4, -0.2) is 44.5 Å². The highest BCUT2D eigenvalue weighted by atomic mass is 16.5. The van der Waals surface area contributed by atoms with Gasteiger partial charge in [0.25, 0.3) is 5.91 Å². The van der Waals surface area contributed by atoms with Crippen LogP contribution in [0.15, 0.2) is 40.8 Å². The van der Waals surface area contributed by atoms with Crippen molar-refractivity contribution in [3.63, 3.8) is 0 Å². The molecule has 0 fully saturated rings. The van der Waals surface area contributed by atoms with Gasteiger partial charge in [-0.1, -0.05) is 11.2 Å². The minimum absolute atomic E-state index is 0.0448. The number of anilines is 1. The second kappa shape index (κ2) is 8.30. The first-order valence-corrected chi connectivity index (χ1v) is 8.19. The summed E-state index contributed by atoms with van der Waals surface area (Å²) in [6, 6.07) is 10.00. The molecule has 0 saturated carbocycles. The van der Waals surface area contributed by atoms with Crippen LogP contribution >= 0.6 is 0 Å². The van der Waals surface area contributed by atoms with Crippen LogP contribution in [-0.2, 0) is 0 Å². The van der Waals surface area contributed by atoms with Crippen molar-refractivity contribution in [3.8, 4) is 34.5 Å². The lowest BCUT2D eigenvalue weighted by Gasteiger charge is -2.12. The molecule has 3 aromatic rings. The van der Waals surface area contributed by atoms with Crippen LogP contribution in [0.2, 0.25) is 0 Å². The van der Waals surface area contributed by atoms with Gasteiger partial charge in [-0.2, -0.15) is 0 Å². The van der Waals surface area contributed by atoms with E-state index in [2.05, 4.69) is 15.5 Å². The first kappa shape index (κ1) is 19.0. The summed E-state index contributed by atoms with van der Waals surface area (Å²) in [6.45, 7) is 0. The van der Waals surface area contributed by atoms with Crippen LogP contribution in [0, 0.1) is 0 Å². The molecule has 0 spiro atoms. The van der Waals surface area contributed by atoms with Gasteiger partial charge in [0.2, 0.25) is 11.6 Å². The summed E-state index contributed by atoms with van der Waals surface area (Å²) < 4.78 is 26.6. The van der Waals surface area contributed by atoms with Crippen LogP contribution in [0.4, 0.5) is 6.01 Å². The van der Waals surface area contributed by atoms with E-state index < -0.39 is 5.91 Å². The van der Waals surface area contributed by atoms with Gasteiger partial charge in [0, 0.05) is 11.1 Å². The molecule has 1 aromatic heterocycles. The Labute approximate surface area is 161 Å². The van der Waals surface area contributed by atoms with Gasteiger partial charge in [0.15, 0.2) is 11.5 Å². The number of aromatic nitrogens is 2. The third-order valence-electron chi connectivity index (χ3n) is 3.89. The molecule has 0 unspecified atom stereocenters. The third kappa shape index (κ3) is 3.83. The van der Waals surface area contributed by atoms with Crippen molar-refractivity contribution in [2.45, 2.75) is 0 Å². The summed E-state index contributed by atoms with van der Waals surface area (Å²) in [7, 11) is 6.06. The molecule has 9 nitrogen and oxygen atoms in total. The van der Waals surface area contributed by atoms with E-state index in [4.69, 9.17) is 23.4 Å². The van der Waals surface area contributed by atoms with Crippen molar-refractivity contribution >= 4 is 11.9 Å². The summed E-state index contributed by atoms with van der Waals surface area (Å²) in [5.74, 6) is 1.67. The Morgan fingerprint density at radius 2 is 1.64 bits per heavy atom. The molecule has 0 atom stereocenters. The molecule has 3 rings (SSSR count). The molecule has 146 valence electrons. The average molecular weight is 385 g/mol. The lowest BCUT2D eigenvalue weighted by molar-refractivity contribution is 0.102. The number of hydrogen-bond acceptors (Lipinski definition) is 8. The zero-order valence-corrected chi connectivity index (χ0v) is 15.8. The average Bonchev–Trinajstić information content (AvgIpc) is 3.20. The van der Waals surface area contributed by atoms with E-state index in [0.717, 1.165) is 0 Å². The van der Waals surface area contributed by atoms with E-state index in [0.29, 0.717) is 34.1 Å². The lowest BCUT2D eigenvalue weighted by Crippen LogP contribution is -2.12. The van der Waals surface area contributed by atoms with E-state index in [1.807, 2.05) is 0 Å². The highest BCUT2D eigenvalue weighted by molar-refractivity contribution is 6.03. The van der Waals surface area contributed by atoms with Crippen LogP contribution in [0.25, 0.3) is 11.5 Å². The maximum atomic E-state index is 12.4. The number of benzene rings is 2. The van der Waals surface area contributed by atoms with Crippen LogP contribution < -0.4 is 24.3 Å². The highest BCUT2D eigenvalue weighted by Gasteiger charge is 2.18.